The molecule has 0 saturated heterocycles. The van der Waals surface area contributed by atoms with E-state index >= 15 is 0 Å². The third-order valence-electron chi connectivity index (χ3n) is 5.52. The summed E-state index contributed by atoms with van der Waals surface area (Å²) in [5, 5.41) is 3.71. The van der Waals surface area contributed by atoms with Gasteiger partial charge in [-0.05, 0) is 55.7 Å². The molecule has 0 aromatic heterocycles. The summed E-state index contributed by atoms with van der Waals surface area (Å²) in [5.41, 5.74) is 4.70. The summed E-state index contributed by atoms with van der Waals surface area (Å²) < 4.78 is 5.58. The summed E-state index contributed by atoms with van der Waals surface area (Å²) in [5.74, 6) is -0.0621. The Kier molecular flexibility index (Phi) is 6.52. The minimum atomic E-state index is -0.392. The number of nitrogens with one attached hydrogen (secondary N) is 1. The Hall–Kier alpha value is -3.57. The normalized spacial score (nSPS) is 13.6. The fourth-order valence-corrected chi connectivity index (χ4v) is 4.15. The zero-order valence-corrected chi connectivity index (χ0v) is 19.6. The van der Waals surface area contributed by atoms with Gasteiger partial charge in [-0.25, -0.2) is 0 Å². The largest absolute Gasteiger partial charge is 0.494 e. The van der Waals surface area contributed by atoms with Gasteiger partial charge in [-0.15, -0.1) is 0 Å². The minimum Gasteiger partial charge on any atom is -0.494 e. The van der Waals surface area contributed by atoms with Gasteiger partial charge in [0, 0.05) is 16.8 Å². The van der Waals surface area contributed by atoms with Crippen molar-refractivity contribution in [2.75, 3.05) is 11.9 Å². The molecule has 1 heterocycles. The molecule has 0 aliphatic carbocycles. The molecule has 5 nitrogen and oxygen atoms in total. The van der Waals surface area contributed by atoms with Gasteiger partial charge in [0.1, 0.15) is 11.4 Å². The van der Waals surface area contributed by atoms with Gasteiger partial charge in [0.2, 0.25) is 0 Å². The first-order chi connectivity index (χ1) is 15.9. The molecule has 3 aromatic rings. The summed E-state index contributed by atoms with van der Waals surface area (Å²) >= 11 is 6.32. The van der Waals surface area contributed by atoms with Crippen LogP contribution in [-0.2, 0) is 16.1 Å². The van der Waals surface area contributed by atoms with E-state index in [2.05, 4.69) is 5.32 Å². The predicted molar refractivity (Wildman–Crippen MR) is 131 cm³/mol. The van der Waals surface area contributed by atoms with Crippen LogP contribution in [0.2, 0.25) is 5.02 Å². The molecule has 1 aliphatic rings. The van der Waals surface area contributed by atoms with Crippen molar-refractivity contribution in [1.82, 2.24) is 4.90 Å². The summed E-state index contributed by atoms with van der Waals surface area (Å²) in [6.07, 6.45) is 0. The average Bonchev–Trinajstić information content (AvgIpc) is 3.00. The first-order valence-electron chi connectivity index (χ1n) is 10.8. The summed E-state index contributed by atoms with van der Waals surface area (Å²) in [4.78, 5) is 28.3. The summed E-state index contributed by atoms with van der Waals surface area (Å²) in [6.45, 7) is 6.47. The van der Waals surface area contributed by atoms with E-state index in [1.165, 1.54) is 4.90 Å². The highest BCUT2D eigenvalue weighted by Crippen LogP contribution is 2.34. The Bertz CT molecular complexity index is 1270. The summed E-state index contributed by atoms with van der Waals surface area (Å²) in [6, 6.07) is 20.4. The Balaban J connectivity index is 1.77. The number of rotatable bonds is 7. The zero-order chi connectivity index (χ0) is 23.5. The SMILES string of the molecule is CCOc1cccc(NC2=C(c3ccc(C)cc3C)C(=O)N(Cc3ccccc3Cl)C2=O)c1. The Morgan fingerprint density at radius 3 is 2.45 bits per heavy atom. The first kappa shape index (κ1) is 22.6. The van der Waals surface area contributed by atoms with Crippen molar-refractivity contribution in [3.8, 4) is 5.75 Å². The maximum Gasteiger partial charge on any atom is 0.278 e. The molecule has 33 heavy (non-hydrogen) atoms. The van der Waals surface area contributed by atoms with Crippen LogP contribution in [0.5, 0.6) is 5.75 Å². The number of carbonyl (C=O) groups excluding carboxylic acids is 2. The molecule has 0 unspecified atom stereocenters. The number of hydrogen-bond donors (Lipinski definition) is 1. The number of amides is 2. The molecule has 2 amide bonds. The van der Waals surface area contributed by atoms with Crippen LogP contribution in [0.25, 0.3) is 5.57 Å². The van der Waals surface area contributed by atoms with Crippen LogP contribution in [0.3, 0.4) is 0 Å². The van der Waals surface area contributed by atoms with Crippen molar-refractivity contribution in [3.05, 3.63) is 99.7 Å². The molecular formula is C27H25ClN2O3. The van der Waals surface area contributed by atoms with Gasteiger partial charge in [0.05, 0.1) is 18.7 Å². The summed E-state index contributed by atoms with van der Waals surface area (Å²) in [7, 11) is 0. The number of aryl methyl sites for hydroxylation is 2. The van der Waals surface area contributed by atoms with Crippen molar-refractivity contribution in [3.63, 3.8) is 0 Å². The molecule has 168 valence electrons. The number of ether oxygens (including phenoxy) is 1. The van der Waals surface area contributed by atoms with Gasteiger partial charge < -0.3 is 10.1 Å². The lowest BCUT2D eigenvalue weighted by Gasteiger charge is -2.16. The van der Waals surface area contributed by atoms with Crippen molar-refractivity contribution < 1.29 is 14.3 Å². The second-order valence-electron chi connectivity index (χ2n) is 7.94. The third kappa shape index (κ3) is 4.64. The number of benzene rings is 3. The average molecular weight is 461 g/mol. The fraction of sp³-hybridized carbons (Fsp3) is 0.185. The van der Waals surface area contributed by atoms with Gasteiger partial charge >= 0.3 is 0 Å². The van der Waals surface area contributed by atoms with Crippen LogP contribution in [0.1, 0.15) is 29.2 Å². The second-order valence-corrected chi connectivity index (χ2v) is 8.35. The number of anilines is 1. The number of carbonyl (C=O) groups is 2. The number of halogens is 1. The van der Waals surface area contributed by atoms with E-state index in [0.29, 0.717) is 34.2 Å². The molecule has 0 bridgehead atoms. The predicted octanol–water partition coefficient (Wildman–Crippen LogP) is 5.75. The molecule has 0 spiro atoms. The van der Waals surface area contributed by atoms with E-state index < -0.39 is 5.91 Å². The van der Waals surface area contributed by atoms with Gasteiger partial charge in [-0.3, -0.25) is 14.5 Å². The Labute approximate surface area is 198 Å². The van der Waals surface area contributed by atoms with Crippen molar-refractivity contribution in [1.29, 1.82) is 0 Å². The lowest BCUT2D eigenvalue weighted by Crippen LogP contribution is -2.32. The smallest absolute Gasteiger partial charge is 0.278 e. The highest BCUT2D eigenvalue weighted by molar-refractivity contribution is 6.37. The topological polar surface area (TPSA) is 58.6 Å². The molecule has 0 radical (unpaired) electrons. The minimum absolute atomic E-state index is 0.0932. The zero-order valence-electron chi connectivity index (χ0n) is 18.8. The molecule has 0 fully saturated rings. The van der Waals surface area contributed by atoms with Crippen LogP contribution in [0.4, 0.5) is 5.69 Å². The van der Waals surface area contributed by atoms with E-state index in [0.717, 1.165) is 16.7 Å². The maximum absolute atomic E-state index is 13.6. The number of hydrogen-bond acceptors (Lipinski definition) is 4. The highest BCUT2D eigenvalue weighted by Gasteiger charge is 2.40. The molecule has 1 N–H and O–H groups in total. The lowest BCUT2D eigenvalue weighted by atomic mass is 9.97. The van der Waals surface area contributed by atoms with E-state index in [4.69, 9.17) is 16.3 Å². The molecular weight excluding hydrogens is 436 g/mol. The Morgan fingerprint density at radius 2 is 1.73 bits per heavy atom. The van der Waals surface area contributed by atoms with Crippen LogP contribution >= 0.6 is 11.6 Å². The number of nitrogens with zero attached hydrogens (tertiary/aromatic N) is 1. The molecule has 4 rings (SSSR count). The highest BCUT2D eigenvalue weighted by atomic mass is 35.5. The van der Waals surface area contributed by atoms with Crippen LogP contribution < -0.4 is 10.1 Å². The Morgan fingerprint density at radius 1 is 0.939 bits per heavy atom. The third-order valence-corrected chi connectivity index (χ3v) is 5.89. The van der Waals surface area contributed by atoms with E-state index in [1.807, 2.05) is 81.4 Å². The molecule has 6 heteroatoms. The van der Waals surface area contributed by atoms with Crippen molar-refractivity contribution in [2.45, 2.75) is 27.3 Å². The van der Waals surface area contributed by atoms with Crippen LogP contribution in [-0.4, -0.2) is 23.3 Å². The standard InChI is InChI=1S/C27H25ClN2O3/c1-4-33-21-10-7-9-20(15-21)29-25-24(22-13-12-17(2)14-18(22)3)26(31)30(27(25)32)16-19-8-5-6-11-23(19)28/h5-15,29H,4,16H2,1-3H3. The maximum atomic E-state index is 13.6. The van der Waals surface area contributed by atoms with E-state index in [1.54, 1.807) is 6.07 Å². The monoisotopic (exact) mass is 460 g/mol. The van der Waals surface area contributed by atoms with Gasteiger partial charge in [0.15, 0.2) is 0 Å². The van der Waals surface area contributed by atoms with Crippen LogP contribution in [0, 0.1) is 13.8 Å². The lowest BCUT2D eigenvalue weighted by molar-refractivity contribution is -0.137. The van der Waals surface area contributed by atoms with Gasteiger partial charge in [-0.1, -0.05) is 59.6 Å². The van der Waals surface area contributed by atoms with Gasteiger partial charge in [0.25, 0.3) is 11.8 Å². The second kappa shape index (κ2) is 9.51. The van der Waals surface area contributed by atoms with E-state index in [9.17, 15) is 9.59 Å². The fourth-order valence-electron chi connectivity index (χ4n) is 3.95. The molecule has 1 aliphatic heterocycles. The molecule has 0 atom stereocenters. The van der Waals surface area contributed by atoms with Crippen molar-refractivity contribution in [2.24, 2.45) is 0 Å². The molecule has 3 aromatic carbocycles. The first-order valence-corrected chi connectivity index (χ1v) is 11.2. The van der Waals surface area contributed by atoms with E-state index in [-0.39, 0.29) is 18.1 Å². The quantitative estimate of drug-likeness (QED) is 0.456. The van der Waals surface area contributed by atoms with Gasteiger partial charge in [-0.2, -0.15) is 0 Å². The van der Waals surface area contributed by atoms with Crippen LogP contribution in [0.15, 0.2) is 72.4 Å². The number of imide groups is 1. The molecule has 0 saturated carbocycles. The van der Waals surface area contributed by atoms with Crippen molar-refractivity contribution >= 4 is 34.7 Å².